The molecular weight excluding hydrogens is 468 g/mol. The van der Waals surface area contributed by atoms with Gasteiger partial charge in [-0.15, -0.1) is 11.3 Å². The lowest BCUT2D eigenvalue weighted by Crippen LogP contribution is -2.49. The highest BCUT2D eigenvalue weighted by atomic mass is 32.2. The molecule has 1 aliphatic rings. The molecule has 4 aromatic rings. The van der Waals surface area contributed by atoms with Crippen molar-refractivity contribution in [1.29, 1.82) is 0 Å². The van der Waals surface area contributed by atoms with E-state index in [9.17, 15) is 4.79 Å². The van der Waals surface area contributed by atoms with Crippen molar-refractivity contribution in [2.24, 2.45) is 0 Å². The van der Waals surface area contributed by atoms with Crippen molar-refractivity contribution >= 4 is 45.8 Å². The number of amides is 1. The van der Waals surface area contributed by atoms with Crippen LogP contribution in [0.1, 0.15) is 28.0 Å². The summed E-state index contributed by atoms with van der Waals surface area (Å²) in [5.74, 6) is 1.49. The van der Waals surface area contributed by atoms with Crippen LogP contribution in [0.25, 0.3) is 11.1 Å². The number of aryl methyl sites for hydroxylation is 1. The van der Waals surface area contributed by atoms with Gasteiger partial charge in [-0.1, -0.05) is 30.0 Å². The van der Waals surface area contributed by atoms with Gasteiger partial charge in [0.25, 0.3) is 11.1 Å². The van der Waals surface area contributed by atoms with Crippen LogP contribution >= 0.6 is 23.1 Å². The minimum atomic E-state index is -0.0115. The Morgan fingerprint density at radius 2 is 1.97 bits per heavy atom. The highest BCUT2D eigenvalue weighted by Crippen LogP contribution is 2.30. The van der Waals surface area contributed by atoms with E-state index in [1.807, 2.05) is 60.5 Å². The zero-order valence-corrected chi connectivity index (χ0v) is 20.8. The fourth-order valence-corrected chi connectivity index (χ4v) is 5.61. The SMILES string of the molecule is CCOc1ccccc1N1CCN(C(=O)c2csc(CSc3nc4cc(C)ccc4o3)n2)CC1. The number of benzene rings is 2. The van der Waals surface area contributed by atoms with Crippen LogP contribution in [0.4, 0.5) is 5.69 Å². The van der Waals surface area contributed by atoms with Crippen molar-refractivity contribution in [1.82, 2.24) is 14.9 Å². The standard InChI is InChI=1S/C25H26N4O3S2/c1-3-31-22-7-5-4-6-20(22)28-10-12-29(13-11-28)24(30)19-15-33-23(26-19)16-34-25-27-18-14-17(2)8-9-21(18)32-25/h4-9,14-15H,3,10-13,16H2,1-2H3. The fourth-order valence-electron chi connectivity index (χ4n) is 3.99. The highest BCUT2D eigenvalue weighted by Gasteiger charge is 2.25. The Bertz CT molecular complexity index is 1290. The van der Waals surface area contributed by atoms with Gasteiger partial charge in [0.1, 0.15) is 22.0 Å². The lowest BCUT2D eigenvalue weighted by atomic mass is 10.2. The zero-order valence-electron chi connectivity index (χ0n) is 19.2. The van der Waals surface area contributed by atoms with Gasteiger partial charge < -0.3 is 19.0 Å². The molecule has 9 heteroatoms. The number of para-hydroxylation sites is 2. The van der Waals surface area contributed by atoms with Crippen molar-refractivity contribution < 1.29 is 13.9 Å². The van der Waals surface area contributed by atoms with Gasteiger partial charge in [-0.2, -0.15) is 0 Å². The predicted molar refractivity (Wildman–Crippen MR) is 136 cm³/mol. The van der Waals surface area contributed by atoms with E-state index in [2.05, 4.69) is 20.9 Å². The molecule has 0 radical (unpaired) electrons. The molecule has 0 N–H and O–H groups in total. The number of thiazole rings is 1. The number of rotatable bonds is 7. The van der Waals surface area contributed by atoms with E-state index in [0.717, 1.165) is 46.2 Å². The van der Waals surface area contributed by atoms with Gasteiger partial charge in [-0.05, 0) is 43.7 Å². The fraction of sp³-hybridized carbons (Fsp3) is 0.320. The number of ether oxygens (including phenoxy) is 1. The van der Waals surface area contributed by atoms with E-state index in [1.165, 1.54) is 23.1 Å². The topological polar surface area (TPSA) is 71.7 Å². The summed E-state index contributed by atoms with van der Waals surface area (Å²) >= 11 is 3.00. The van der Waals surface area contributed by atoms with Crippen LogP contribution in [-0.2, 0) is 5.75 Å². The number of nitrogens with zero attached hydrogens (tertiary/aromatic N) is 4. The van der Waals surface area contributed by atoms with Crippen LogP contribution in [-0.4, -0.2) is 53.6 Å². The number of carbonyl (C=O) groups excluding carboxylic acids is 1. The third-order valence-electron chi connectivity index (χ3n) is 5.69. The van der Waals surface area contributed by atoms with E-state index in [4.69, 9.17) is 9.15 Å². The maximum atomic E-state index is 13.0. The monoisotopic (exact) mass is 494 g/mol. The molecule has 1 saturated heterocycles. The molecule has 176 valence electrons. The maximum absolute atomic E-state index is 13.0. The molecule has 2 aromatic heterocycles. The molecule has 7 nitrogen and oxygen atoms in total. The Balaban J connectivity index is 1.17. The lowest BCUT2D eigenvalue weighted by molar-refractivity contribution is 0.0741. The van der Waals surface area contributed by atoms with Crippen molar-refractivity contribution in [3.8, 4) is 5.75 Å². The number of aromatic nitrogens is 2. The number of oxazole rings is 1. The van der Waals surface area contributed by atoms with E-state index in [0.29, 0.717) is 36.4 Å². The number of fused-ring (bicyclic) bond motifs is 1. The first-order valence-corrected chi connectivity index (χ1v) is 13.2. The van der Waals surface area contributed by atoms with E-state index in [1.54, 1.807) is 0 Å². The molecular formula is C25H26N4O3S2. The second kappa shape index (κ2) is 10.1. The second-order valence-corrected chi connectivity index (χ2v) is 9.92. The second-order valence-electron chi connectivity index (χ2n) is 8.05. The van der Waals surface area contributed by atoms with Crippen molar-refractivity contribution in [2.45, 2.75) is 24.8 Å². The minimum Gasteiger partial charge on any atom is -0.492 e. The van der Waals surface area contributed by atoms with Gasteiger partial charge in [0.2, 0.25) is 0 Å². The number of anilines is 1. The summed E-state index contributed by atoms with van der Waals surface area (Å²) in [7, 11) is 0. The van der Waals surface area contributed by atoms with E-state index < -0.39 is 0 Å². The minimum absolute atomic E-state index is 0.0115. The van der Waals surface area contributed by atoms with Crippen molar-refractivity contribution in [3.63, 3.8) is 0 Å². The molecule has 1 aliphatic heterocycles. The van der Waals surface area contributed by atoms with Gasteiger partial charge in [0.15, 0.2) is 5.58 Å². The largest absolute Gasteiger partial charge is 0.492 e. The average Bonchev–Trinajstić information content (AvgIpc) is 3.49. The van der Waals surface area contributed by atoms with Crippen LogP contribution in [0, 0.1) is 6.92 Å². The van der Waals surface area contributed by atoms with Gasteiger partial charge >= 0.3 is 0 Å². The Labute approximate surface area is 206 Å². The summed E-state index contributed by atoms with van der Waals surface area (Å²) < 4.78 is 11.6. The average molecular weight is 495 g/mol. The van der Waals surface area contributed by atoms with Crippen LogP contribution < -0.4 is 9.64 Å². The Hall–Kier alpha value is -3.04. The number of piperazine rings is 1. The Morgan fingerprint density at radius 1 is 1.15 bits per heavy atom. The van der Waals surface area contributed by atoms with Gasteiger partial charge in [0.05, 0.1) is 18.0 Å². The molecule has 1 fully saturated rings. The first-order valence-electron chi connectivity index (χ1n) is 11.3. The predicted octanol–water partition coefficient (Wildman–Crippen LogP) is 5.25. The quantitative estimate of drug-likeness (QED) is 0.325. The van der Waals surface area contributed by atoms with Crippen LogP contribution in [0.2, 0.25) is 0 Å². The molecule has 2 aromatic carbocycles. The van der Waals surface area contributed by atoms with Gasteiger partial charge in [-0.3, -0.25) is 4.79 Å². The normalized spacial score (nSPS) is 14.1. The molecule has 3 heterocycles. The smallest absolute Gasteiger partial charge is 0.273 e. The van der Waals surface area contributed by atoms with E-state index in [-0.39, 0.29) is 5.91 Å². The molecule has 0 bridgehead atoms. The van der Waals surface area contributed by atoms with E-state index >= 15 is 0 Å². The van der Waals surface area contributed by atoms with Crippen LogP contribution in [0.5, 0.6) is 5.75 Å². The number of thioether (sulfide) groups is 1. The summed E-state index contributed by atoms with van der Waals surface area (Å²) in [4.78, 5) is 26.3. The highest BCUT2D eigenvalue weighted by molar-refractivity contribution is 7.98. The van der Waals surface area contributed by atoms with Crippen LogP contribution in [0.3, 0.4) is 0 Å². The van der Waals surface area contributed by atoms with Crippen molar-refractivity contribution in [3.05, 3.63) is 64.1 Å². The molecule has 5 rings (SSSR count). The summed E-state index contributed by atoms with van der Waals surface area (Å²) in [5.41, 5.74) is 4.39. The third-order valence-corrected chi connectivity index (χ3v) is 7.56. The number of hydrogen-bond acceptors (Lipinski definition) is 8. The summed E-state index contributed by atoms with van der Waals surface area (Å²) in [6, 6.07) is 14.0. The number of carbonyl (C=O) groups is 1. The summed E-state index contributed by atoms with van der Waals surface area (Å²) in [6.45, 7) is 7.49. The zero-order chi connectivity index (χ0) is 23.5. The van der Waals surface area contributed by atoms with Crippen LogP contribution in [0.15, 0.2) is 57.5 Å². The first kappa shape index (κ1) is 22.7. The van der Waals surface area contributed by atoms with Crippen molar-refractivity contribution in [2.75, 3.05) is 37.7 Å². The molecule has 0 unspecified atom stereocenters. The summed E-state index contributed by atoms with van der Waals surface area (Å²) in [6.07, 6.45) is 0. The van der Waals surface area contributed by atoms with Gasteiger partial charge in [-0.25, -0.2) is 9.97 Å². The third kappa shape index (κ3) is 4.90. The van der Waals surface area contributed by atoms with Gasteiger partial charge in [0, 0.05) is 31.6 Å². The first-order chi connectivity index (χ1) is 16.6. The molecule has 0 atom stereocenters. The number of hydrogen-bond donors (Lipinski definition) is 0. The lowest BCUT2D eigenvalue weighted by Gasteiger charge is -2.36. The molecule has 1 amide bonds. The molecule has 34 heavy (non-hydrogen) atoms. The molecule has 0 aliphatic carbocycles. The maximum Gasteiger partial charge on any atom is 0.273 e. The Kier molecular flexibility index (Phi) is 6.73. The Morgan fingerprint density at radius 3 is 2.79 bits per heavy atom. The summed E-state index contributed by atoms with van der Waals surface area (Å²) in [5, 5.41) is 3.35. The molecule has 0 saturated carbocycles. The molecule has 0 spiro atoms.